The van der Waals surface area contributed by atoms with Crippen molar-refractivity contribution >= 4 is 5.97 Å². The van der Waals surface area contributed by atoms with Crippen molar-refractivity contribution in [1.29, 1.82) is 0 Å². The Morgan fingerprint density at radius 1 is 1.69 bits per heavy atom. The zero-order chi connectivity index (χ0) is 11.7. The van der Waals surface area contributed by atoms with Crippen LogP contribution in [-0.2, 0) is 6.54 Å². The molecule has 0 spiro atoms. The number of carbonyl (C=O) groups is 1. The fourth-order valence-corrected chi connectivity index (χ4v) is 1.64. The molecule has 5 heteroatoms. The van der Waals surface area contributed by atoms with E-state index in [4.69, 9.17) is 5.11 Å². The second kappa shape index (κ2) is 4.25. The average molecular weight is 223 g/mol. The molecular weight excluding hydrogens is 206 g/mol. The number of carboxylic acid groups (broad SMARTS) is 1. The topological polar surface area (TPSA) is 67.2 Å². The van der Waals surface area contributed by atoms with Gasteiger partial charge in [0.05, 0.1) is 6.54 Å². The number of imidazole rings is 1. The van der Waals surface area contributed by atoms with Gasteiger partial charge in [0, 0.05) is 18.3 Å². The second-order valence-electron chi connectivity index (χ2n) is 4.50. The minimum absolute atomic E-state index is 0.126. The van der Waals surface area contributed by atoms with Gasteiger partial charge in [0.1, 0.15) is 5.82 Å². The maximum absolute atomic E-state index is 10.8. The largest absolute Gasteiger partial charge is 0.476 e. The van der Waals surface area contributed by atoms with Gasteiger partial charge in [-0.1, -0.05) is 0 Å². The number of nitrogens with zero attached hydrogens (tertiary/aromatic N) is 2. The summed E-state index contributed by atoms with van der Waals surface area (Å²) in [5, 5.41) is 12.2. The van der Waals surface area contributed by atoms with Crippen LogP contribution in [0.4, 0.5) is 0 Å². The Hall–Kier alpha value is -1.36. The maximum atomic E-state index is 10.8. The molecule has 0 radical (unpaired) electrons. The van der Waals surface area contributed by atoms with Gasteiger partial charge in [0.2, 0.25) is 0 Å². The molecule has 1 aliphatic carbocycles. The van der Waals surface area contributed by atoms with Gasteiger partial charge in [-0.2, -0.15) is 0 Å². The predicted molar refractivity (Wildman–Crippen MR) is 59.4 cm³/mol. The molecule has 0 saturated heterocycles. The highest BCUT2D eigenvalue weighted by Crippen LogP contribution is 2.20. The third-order valence-corrected chi connectivity index (χ3v) is 2.71. The summed E-state index contributed by atoms with van der Waals surface area (Å²) in [6, 6.07) is 0.835. The first-order chi connectivity index (χ1) is 7.58. The minimum atomic E-state index is -0.966. The molecule has 1 saturated carbocycles. The van der Waals surface area contributed by atoms with Crippen molar-refractivity contribution in [3.8, 4) is 0 Å². The molecule has 0 atom stereocenters. The lowest BCUT2D eigenvalue weighted by atomic mass is 10.4. The van der Waals surface area contributed by atoms with E-state index in [-0.39, 0.29) is 11.7 Å². The highest BCUT2D eigenvalue weighted by molar-refractivity contribution is 5.85. The van der Waals surface area contributed by atoms with Crippen molar-refractivity contribution in [2.45, 2.75) is 45.3 Å². The maximum Gasteiger partial charge on any atom is 0.356 e. The Morgan fingerprint density at radius 2 is 2.38 bits per heavy atom. The monoisotopic (exact) mass is 223 g/mol. The number of hydrogen-bond donors (Lipinski definition) is 2. The van der Waals surface area contributed by atoms with E-state index in [1.165, 1.54) is 12.8 Å². The predicted octanol–water partition coefficient (Wildman–Crippen LogP) is 1.41. The van der Waals surface area contributed by atoms with E-state index in [9.17, 15) is 4.79 Å². The molecule has 2 N–H and O–H groups in total. The van der Waals surface area contributed by atoms with Crippen molar-refractivity contribution in [2.75, 3.05) is 0 Å². The van der Waals surface area contributed by atoms with Gasteiger partial charge in [0.15, 0.2) is 5.69 Å². The molecule has 0 bridgehead atoms. The lowest BCUT2D eigenvalue weighted by Gasteiger charge is -2.11. The van der Waals surface area contributed by atoms with Gasteiger partial charge in [-0.15, -0.1) is 0 Å². The number of hydrogen-bond acceptors (Lipinski definition) is 3. The highest BCUT2D eigenvalue weighted by atomic mass is 16.4. The molecule has 1 fully saturated rings. The van der Waals surface area contributed by atoms with Gasteiger partial charge in [-0.05, 0) is 26.7 Å². The summed E-state index contributed by atoms with van der Waals surface area (Å²) in [6.45, 7) is 4.69. The quantitative estimate of drug-likeness (QED) is 0.792. The van der Waals surface area contributed by atoms with Crippen LogP contribution in [0.1, 0.15) is 49.0 Å². The molecule has 0 aliphatic heterocycles. The lowest BCUT2D eigenvalue weighted by Crippen LogP contribution is -2.19. The van der Waals surface area contributed by atoms with Gasteiger partial charge >= 0.3 is 5.97 Å². The van der Waals surface area contributed by atoms with Crippen LogP contribution in [0.3, 0.4) is 0 Å². The van der Waals surface area contributed by atoms with Crippen molar-refractivity contribution in [2.24, 2.45) is 0 Å². The molecule has 0 amide bonds. The van der Waals surface area contributed by atoms with Crippen LogP contribution in [-0.4, -0.2) is 26.7 Å². The van der Waals surface area contributed by atoms with E-state index in [2.05, 4.69) is 10.3 Å². The molecule has 1 heterocycles. The third kappa shape index (κ3) is 2.41. The van der Waals surface area contributed by atoms with Crippen LogP contribution in [0.5, 0.6) is 0 Å². The van der Waals surface area contributed by atoms with Crippen molar-refractivity contribution in [1.82, 2.24) is 14.9 Å². The number of rotatable bonds is 5. The Bertz CT molecular complexity index is 394. The molecule has 0 aromatic carbocycles. The molecular formula is C11H17N3O2. The van der Waals surface area contributed by atoms with Gasteiger partial charge in [0.25, 0.3) is 0 Å². The zero-order valence-corrected chi connectivity index (χ0v) is 9.60. The highest BCUT2D eigenvalue weighted by Gasteiger charge is 2.22. The van der Waals surface area contributed by atoms with E-state index in [0.717, 1.165) is 5.82 Å². The van der Waals surface area contributed by atoms with Crippen LogP contribution < -0.4 is 5.32 Å². The minimum Gasteiger partial charge on any atom is -0.476 e. The van der Waals surface area contributed by atoms with E-state index < -0.39 is 5.97 Å². The fraction of sp³-hybridized carbons (Fsp3) is 0.636. The van der Waals surface area contributed by atoms with Gasteiger partial charge in [-0.25, -0.2) is 9.78 Å². The zero-order valence-electron chi connectivity index (χ0n) is 9.60. The normalized spacial score (nSPS) is 15.7. The van der Waals surface area contributed by atoms with E-state index in [1.807, 2.05) is 18.4 Å². The molecule has 16 heavy (non-hydrogen) atoms. The number of aromatic nitrogens is 2. The summed E-state index contributed by atoms with van der Waals surface area (Å²) in [4.78, 5) is 15.0. The Balaban J connectivity index is 2.15. The Labute approximate surface area is 94.5 Å². The number of aromatic carboxylic acids is 1. The van der Waals surface area contributed by atoms with Crippen LogP contribution in [0.2, 0.25) is 0 Å². The summed E-state index contributed by atoms with van der Waals surface area (Å²) in [7, 11) is 0. The number of nitrogens with one attached hydrogen (secondary N) is 1. The first-order valence-electron chi connectivity index (χ1n) is 5.62. The summed E-state index contributed by atoms with van der Waals surface area (Å²) < 4.78 is 1.92. The first-order valence-corrected chi connectivity index (χ1v) is 5.62. The molecule has 0 unspecified atom stereocenters. The molecule has 1 aromatic rings. The Kier molecular flexibility index (Phi) is 2.96. The summed E-state index contributed by atoms with van der Waals surface area (Å²) in [5.74, 6) is -0.161. The van der Waals surface area contributed by atoms with E-state index in [0.29, 0.717) is 12.6 Å². The Morgan fingerprint density at radius 3 is 2.88 bits per heavy atom. The fourth-order valence-electron chi connectivity index (χ4n) is 1.64. The van der Waals surface area contributed by atoms with Crippen LogP contribution in [0.15, 0.2) is 6.20 Å². The van der Waals surface area contributed by atoms with Crippen molar-refractivity contribution in [3.05, 3.63) is 17.7 Å². The second-order valence-corrected chi connectivity index (χ2v) is 4.50. The SMILES string of the molecule is CC(C)n1cc(C(=O)O)nc1CNC1CC1. The van der Waals surface area contributed by atoms with E-state index in [1.54, 1.807) is 6.20 Å². The molecule has 2 rings (SSSR count). The first kappa shape index (κ1) is 11.1. The van der Waals surface area contributed by atoms with Gasteiger partial charge < -0.3 is 15.0 Å². The molecule has 1 aromatic heterocycles. The van der Waals surface area contributed by atoms with Crippen molar-refractivity contribution < 1.29 is 9.90 Å². The number of carboxylic acids is 1. The average Bonchev–Trinajstić information content (AvgIpc) is 2.92. The summed E-state index contributed by atoms with van der Waals surface area (Å²) in [6.07, 6.45) is 4.04. The lowest BCUT2D eigenvalue weighted by molar-refractivity contribution is 0.0691. The molecule has 1 aliphatic rings. The molecule has 88 valence electrons. The summed E-state index contributed by atoms with van der Waals surface area (Å²) >= 11 is 0. The standard InChI is InChI=1S/C11H17N3O2/c1-7(2)14-6-9(11(15)16)13-10(14)5-12-8-3-4-8/h6-8,12H,3-5H2,1-2H3,(H,15,16). The van der Waals surface area contributed by atoms with E-state index >= 15 is 0 Å². The third-order valence-electron chi connectivity index (χ3n) is 2.71. The molecule has 5 nitrogen and oxygen atoms in total. The summed E-state index contributed by atoms with van der Waals surface area (Å²) in [5.41, 5.74) is 0.126. The van der Waals surface area contributed by atoms with Crippen LogP contribution >= 0.6 is 0 Å². The smallest absolute Gasteiger partial charge is 0.356 e. The van der Waals surface area contributed by atoms with Crippen molar-refractivity contribution in [3.63, 3.8) is 0 Å². The van der Waals surface area contributed by atoms with Crippen LogP contribution in [0.25, 0.3) is 0 Å². The van der Waals surface area contributed by atoms with Crippen LogP contribution in [0, 0.1) is 0 Å². The van der Waals surface area contributed by atoms with Gasteiger partial charge in [-0.3, -0.25) is 0 Å².